The maximum atomic E-state index is 12.8. The van der Waals surface area contributed by atoms with Crippen LogP contribution in [-0.4, -0.2) is 40.9 Å². The quantitative estimate of drug-likeness (QED) is 0.804. The number of fused-ring (bicyclic) bond motifs is 1. The Morgan fingerprint density at radius 1 is 1.44 bits per heavy atom. The lowest BCUT2D eigenvalue weighted by molar-refractivity contribution is -0.113. The van der Waals surface area contributed by atoms with Crippen molar-refractivity contribution in [2.24, 2.45) is 7.05 Å². The topological polar surface area (TPSA) is 37.3 Å². The van der Waals surface area contributed by atoms with Gasteiger partial charge in [-0.1, -0.05) is 0 Å². The average Bonchev–Trinajstić information content (AvgIpc) is 2.63. The molecule has 0 saturated carbocycles. The summed E-state index contributed by atoms with van der Waals surface area (Å²) >= 11 is 0. The van der Waals surface area contributed by atoms with Crippen LogP contribution >= 0.6 is 0 Å². The molecule has 1 fully saturated rings. The van der Waals surface area contributed by atoms with Gasteiger partial charge in [0.1, 0.15) is 5.69 Å². The van der Waals surface area contributed by atoms with Gasteiger partial charge in [-0.15, -0.1) is 0 Å². The molecule has 2 aliphatic heterocycles. The summed E-state index contributed by atoms with van der Waals surface area (Å²) in [4.78, 5) is 13.3. The molecule has 0 spiro atoms. The molecular weight excluding hydrogens is 240 g/mol. The smallest absolute Gasteiger partial charge is 0.282 e. The van der Waals surface area contributed by atoms with Crippen LogP contribution in [0.25, 0.3) is 0 Å². The first kappa shape index (κ1) is 11.6. The lowest BCUT2D eigenvalue weighted by Gasteiger charge is -2.38. The van der Waals surface area contributed by atoms with E-state index in [1.165, 1.54) is 4.90 Å². The fourth-order valence-electron chi connectivity index (χ4n) is 2.61. The number of carbonyl (C=O) groups is 1. The molecule has 0 unspecified atom stereocenters. The Balaban J connectivity index is 1.84. The molecule has 0 atom stereocenters. The van der Waals surface area contributed by atoms with Crippen LogP contribution in [0.15, 0.2) is 6.07 Å². The van der Waals surface area contributed by atoms with Gasteiger partial charge < -0.3 is 14.8 Å². The SMILES string of the molecule is Cn1c(C(=O)N2CC(F)(F)C2)cc2c1CNCC2. The minimum Gasteiger partial charge on any atom is -0.342 e. The van der Waals surface area contributed by atoms with Gasteiger partial charge in [-0.25, -0.2) is 8.78 Å². The normalized spacial score (nSPS) is 21.4. The molecule has 0 aliphatic carbocycles. The minimum atomic E-state index is -2.71. The number of aromatic nitrogens is 1. The molecule has 0 aromatic carbocycles. The van der Waals surface area contributed by atoms with Crippen molar-refractivity contribution in [3.05, 3.63) is 23.0 Å². The van der Waals surface area contributed by atoms with Gasteiger partial charge >= 0.3 is 0 Å². The zero-order chi connectivity index (χ0) is 12.9. The highest BCUT2D eigenvalue weighted by molar-refractivity contribution is 5.94. The molecule has 1 saturated heterocycles. The molecule has 0 radical (unpaired) electrons. The first-order valence-corrected chi connectivity index (χ1v) is 6.03. The minimum absolute atomic E-state index is 0.294. The van der Waals surface area contributed by atoms with Gasteiger partial charge in [-0.3, -0.25) is 4.79 Å². The van der Waals surface area contributed by atoms with Crippen LogP contribution in [0.5, 0.6) is 0 Å². The fourth-order valence-corrected chi connectivity index (χ4v) is 2.61. The monoisotopic (exact) mass is 255 g/mol. The fraction of sp³-hybridized carbons (Fsp3) is 0.583. The van der Waals surface area contributed by atoms with Crippen molar-refractivity contribution in [1.82, 2.24) is 14.8 Å². The van der Waals surface area contributed by atoms with E-state index in [-0.39, 0.29) is 5.91 Å². The van der Waals surface area contributed by atoms with Crippen LogP contribution in [0.1, 0.15) is 21.7 Å². The molecule has 6 heteroatoms. The molecule has 1 N–H and O–H groups in total. The third kappa shape index (κ3) is 1.71. The van der Waals surface area contributed by atoms with Crippen molar-refractivity contribution in [3.8, 4) is 0 Å². The Morgan fingerprint density at radius 3 is 2.78 bits per heavy atom. The Morgan fingerprint density at radius 2 is 2.17 bits per heavy atom. The maximum absolute atomic E-state index is 12.8. The Kier molecular flexibility index (Phi) is 2.45. The summed E-state index contributed by atoms with van der Waals surface area (Å²) in [5.41, 5.74) is 2.74. The predicted molar refractivity (Wildman–Crippen MR) is 61.7 cm³/mol. The van der Waals surface area contributed by atoms with E-state index in [1.54, 1.807) is 0 Å². The molecular formula is C12H15F2N3O. The second-order valence-corrected chi connectivity index (χ2v) is 5.00. The molecule has 0 bridgehead atoms. The van der Waals surface area contributed by atoms with Gasteiger partial charge in [0.25, 0.3) is 11.8 Å². The number of amides is 1. The van der Waals surface area contributed by atoms with Crippen LogP contribution < -0.4 is 5.32 Å². The third-order valence-corrected chi connectivity index (χ3v) is 3.66. The number of nitrogens with zero attached hydrogens (tertiary/aromatic N) is 2. The average molecular weight is 255 g/mol. The third-order valence-electron chi connectivity index (χ3n) is 3.66. The maximum Gasteiger partial charge on any atom is 0.282 e. The second-order valence-electron chi connectivity index (χ2n) is 5.00. The van der Waals surface area contributed by atoms with Crippen molar-refractivity contribution >= 4 is 5.91 Å². The van der Waals surface area contributed by atoms with E-state index in [9.17, 15) is 13.6 Å². The first-order valence-electron chi connectivity index (χ1n) is 6.03. The summed E-state index contributed by atoms with van der Waals surface area (Å²) in [5.74, 6) is -3.00. The molecule has 98 valence electrons. The van der Waals surface area contributed by atoms with E-state index < -0.39 is 19.0 Å². The summed E-state index contributed by atoms with van der Waals surface area (Å²) in [7, 11) is 1.82. The Labute approximate surface area is 104 Å². The number of halogens is 2. The van der Waals surface area contributed by atoms with Crippen LogP contribution in [0.4, 0.5) is 8.78 Å². The van der Waals surface area contributed by atoms with E-state index in [2.05, 4.69) is 5.32 Å². The number of hydrogen-bond donors (Lipinski definition) is 1. The Hall–Kier alpha value is -1.43. The van der Waals surface area contributed by atoms with Gasteiger partial charge in [0.15, 0.2) is 0 Å². The van der Waals surface area contributed by atoms with Gasteiger partial charge in [0, 0.05) is 19.3 Å². The number of alkyl halides is 2. The zero-order valence-electron chi connectivity index (χ0n) is 10.2. The number of carbonyl (C=O) groups excluding carboxylic acids is 1. The predicted octanol–water partition coefficient (Wildman–Crippen LogP) is 0.762. The highest BCUT2D eigenvalue weighted by atomic mass is 19.3. The number of likely N-dealkylation sites (tertiary alicyclic amines) is 1. The molecule has 1 aromatic rings. The second kappa shape index (κ2) is 3.78. The van der Waals surface area contributed by atoms with E-state index in [0.29, 0.717) is 5.69 Å². The molecule has 3 heterocycles. The lowest BCUT2D eigenvalue weighted by Crippen LogP contribution is -2.58. The van der Waals surface area contributed by atoms with Gasteiger partial charge in [0.05, 0.1) is 13.1 Å². The first-order chi connectivity index (χ1) is 8.48. The lowest BCUT2D eigenvalue weighted by atomic mass is 10.1. The van der Waals surface area contributed by atoms with Crippen molar-refractivity contribution in [3.63, 3.8) is 0 Å². The molecule has 2 aliphatic rings. The summed E-state index contributed by atoms with van der Waals surface area (Å²) in [6.45, 7) is 0.710. The van der Waals surface area contributed by atoms with E-state index in [1.807, 2.05) is 17.7 Å². The van der Waals surface area contributed by atoms with E-state index in [0.717, 1.165) is 30.8 Å². The van der Waals surface area contributed by atoms with Crippen molar-refractivity contribution in [2.75, 3.05) is 19.6 Å². The number of rotatable bonds is 1. The van der Waals surface area contributed by atoms with E-state index >= 15 is 0 Å². The number of hydrogen-bond acceptors (Lipinski definition) is 2. The van der Waals surface area contributed by atoms with Gasteiger partial charge in [-0.2, -0.15) is 0 Å². The molecule has 18 heavy (non-hydrogen) atoms. The van der Waals surface area contributed by atoms with Gasteiger partial charge in [-0.05, 0) is 24.6 Å². The summed E-state index contributed by atoms with van der Waals surface area (Å²) in [6.07, 6.45) is 0.882. The summed E-state index contributed by atoms with van der Waals surface area (Å²) in [6, 6.07) is 1.84. The Bertz CT molecular complexity index is 502. The number of nitrogens with one attached hydrogen (secondary N) is 1. The largest absolute Gasteiger partial charge is 0.342 e. The zero-order valence-corrected chi connectivity index (χ0v) is 10.2. The van der Waals surface area contributed by atoms with Crippen molar-refractivity contribution in [2.45, 2.75) is 18.9 Å². The highest BCUT2D eigenvalue weighted by Gasteiger charge is 2.47. The molecule has 1 amide bonds. The van der Waals surface area contributed by atoms with E-state index in [4.69, 9.17) is 0 Å². The van der Waals surface area contributed by atoms with Crippen molar-refractivity contribution in [1.29, 1.82) is 0 Å². The molecule has 4 nitrogen and oxygen atoms in total. The van der Waals surface area contributed by atoms with Gasteiger partial charge in [0.2, 0.25) is 0 Å². The van der Waals surface area contributed by atoms with Crippen molar-refractivity contribution < 1.29 is 13.6 Å². The van der Waals surface area contributed by atoms with Crippen LogP contribution in [0, 0.1) is 0 Å². The van der Waals surface area contributed by atoms with Crippen LogP contribution in [0.3, 0.4) is 0 Å². The van der Waals surface area contributed by atoms with Crippen LogP contribution in [0.2, 0.25) is 0 Å². The van der Waals surface area contributed by atoms with Crippen LogP contribution in [-0.2, 0) is 20.0 Å². The molecule has 3 rings (SSSR count). The summed E-state index contributed by atoms with van der Waals surface area (Å²) < 4.78 is 27.4. The summed E-state index contributed by atoms with van der Waals surface area (Å²) in [5, 5.41) is 3.24. The highest BCUT2D eigenvalue weighted by Crippen LogP contribution is 2.29. The standard InChI is InChI=1S/C12H15F2N3O/c1-16-9(4-8-2-3-15-5-10(8)16)11(18)17-6-12(13,14)7-17/h4,15H,2-3,5-7H2,1H3. The molecule has 1 aromatic heterocycles.